The molecule has 1 atom stereocenters. The Bertz CT molecular complexity index is 560. The first kappa shape index (κ1) is 12.8. The molecule has 1 N–H and O–H groups in total. The number of nitrogens with one attached hydrogen (secondary N) is 1. The number of rotatable bonds is 3. The fraction of sp³-hybridized carbons (Fsp3) is 0.154. The van der Waals surface area contributed by atoms with Crippen LogP contribution in [0.3, 0.4) is 0 Å². The topological polar surface area (TPSA) is 24.9 Å². The minimum Gasteiger partial charge on any atom is -0.376 e. The molecule has 0 aliphatic heterocycles. The van der Waals surface area contributed by atoms with Crippen LogP contribution in [-0.4, -0.2) is 4.98 Å². The predicted molar refractivity (Wildman–Crippen MR) is 67.6 cm³/mol. The zero-order valence-corrected chi connectivity index (χ0v) is 10.4. The summed E-state index contributed by atoms with van der Waals surface area (Å²) in [6, 6.07) is 4.79. The summed E-state index contributed by atoms with van der Waals surface area (Å²) in [6.45, 7) is 1.76. The maximum atomic E-state index is 13.6. The number of benzene rings is 1. The van der Waals surface area contributed by atoms with Crippen molar-refractivity contribution in [3.05, 3.63) is 58.9 Å². The second-order valence-corrected chi connectivity index (χ2v) is 4.29. The monoisotopic (exact) mass is 268 g/mol. The van der Waals surface area contributed by atoms with E-state index in [-0.39, 0.29) is 6.04 Å². The van der Waals surface area contributed by atoms with Gasteiger partial charge in [-0.3, -0.25) is 4.98 Å². The smallest absolute Gasteiger partial charge is 0.131 e. The highest BCUT2D eigenvalue weighted by atomic mass is 35.5. The van der Waals surface area contributed by atoms with Crippen molar-refractivity contribution >= 4 is 17.3 Å². The summed E-state index contributed by atoms with van der Waals surface area (Å²) in [5.41, 5.74) is 0.978. The molecule has 94 valence electrons. The van der Waals surface area contributed by atoms with Crippen LogP contribution in [0.15, 0.2) is 36.7 Å². The van der Waals surface area contributed by atoms with E-state index in [2.05, 4.69) is 10.3 Å². The van der Waals surface area contributed by atoms with Crippen LogP contribution in [0.2, 0.25) is 5.02 Å². The number of halogens is 3. The van der Waals surface area contributed by atoms with Gasteiger partial charge in [0.2, 0.25) is 0 Å². The minimum atomic E-state index is -0.595. The van der Waals surface area contributed by atoms with E-state index in [4.69, 9.17) is 11.6 Å². The number of nitrogens with zero attached hydrogens (tertiary/aromatic N) is 1. The van der Waals surface area contributed by atoms with Gasteiger partial charge in [0, 0.05) is 17.8 Å². The van der Waals surface area contributed by atoms with E-state index in [1.165, 1.54) is 12.1 Å². The fourth-order valence-corrected chi connectivity index (χ4v) is 1.81. The molecule has 0 saturated carbocycles. The van der Waals surface area contributed by atoms with Crippen LogP contribution in [0.5, 0.6) is 0 Å². The molecule has 5 heteroatoms. The molecule has 0 radical (unpaired) electrons. The number of pyridine rings is 1. The molecule has 2 rings (SSSR count). The first-order valence-electron chi connectivity index (χ1n) is 5.39. The van der Waals surface area contributed by atoms with Crippen molar-refractivity contribution in [2.75, 3.05) is 5.32 Å². The number of aromatic nitrogens is 1. The van der Waals surface area contributed by atoms with Crippen LogP contribution >= 0.6 is 11.6 Å². The van der Waals surface area contributed by atoms with Gasteiger partial charge in [-0.2, -0.15) is 0 Å². The third-order valence-corrected chi connectivity index (χ3v) is 2.90. The molecular formula is C13H11ClF2N2. The normalized spacial score (nSPS) is 12.2. The Morgan fingerprint density at radius 1 is 1.28 bits per heavy atom. The van der Waals surface area contributed by atoms with Gasteiger partial charge in [0.15, 0.2) is 0 Å². The van der Waals surface area contributed by atoms with Crippen molar-refractivity contribution in [1.29, 1.82) is 0 Å². The molecule has 0 amide bonds. The summed E-state index contributed by atoms with van der Waals surface area (Å²) >= 11 is 5.96. The third-order valence-electron chi connectivity index (χ3n) is 2.57. The van der Waals surface area contributed by atoms with Gasteiger partial charge in [-0.1, -0.05) is 17.7 Å². The molecule has 2 aromatic rings. The van der Waals surface area contributed by atoms with Gasteiger partial charge in [-0.05, 0) is 19.1 Å². The molecule has 1 heterocycles. The molecule has 1 unspecified atom stereocenters. The average Bonchev–Trinajstić information content (AvgIpc) is 2.32. The lowest BCUT2D eigenvalue weighted by Crippen LogP contribution is -2.09. The van der Waals surface area contributed by atoms with Gasteiger partial charge >= 0.3 is 0 Å². The molecule has 1 aromatic carbocycles. The second-order valence-electron chi connectivity index (χ2n) is 3.89. The van der Waals surface area contributed by atoms with E-state index >= 15 is 0 Å². The molecule has 0 fully saturated rings. The summed E-state index contributed by atoms with van der Waals surface area (Å²) in [5.74, 6) is -1.18. The first-order valence-corrected chi connectivity index (χ1v) is 5.76. The van der Waals surface area contributed by atoms with Crippen molar-refractivity contribution in [2.24, 2.45) is 0 Å². The number of hydrogen-bond acceptors (Lipinski definition) is 2. The van der Waals surface area contributed by atoms with Crippen molar-refractivity contribution < 1.29 is 8.78 Å². The van der Waals surface area contributed by atoms with Gasteiger partial charge in [0.05, 0.1) is 22.9 Å². The molecule has 0 aliphatic carbocycles. The van der Waals surface area contributed by atoms with Crippen molar-refractivity contribution in [3.63, 3.8) is 0 Å². The van der Waals surface area contributed by atoms with E-state index in [0.717, 1.165) is 6.07 Å². The third kappa shape index (κ3) is 2.76. The molecule has 0 spiro atoms. The standard InChI is InChI=1S/C13H11ClF2N2/c1-8(10-3-2-9(15)6-12(10)16)18-13-7-17-5-4-11(13)14/h2-8,18H,1H3. The molecule has 1 aromatic heterocycles. The van der Waals surface area contributed by atoms with Crippen molar-refractivity contribution in [1.82, 2.24) is 4.98 Å². The Labute approximate surface area is 109 Å². The van der Waals surface area contributed by atoms with E-state index in [0.29, 0.717) is 16.3 Å². The maximum Gasteiger partial charge on any atom is 0.131 e. The lowest BCUT2D eigenvalue weighted by molar-refractivity contribution is 0.566. The lowest BCUT2D eigenvalue weighted by Gasteiger charge is -2.17. The van der Waals surface area contributed by atoms with Crippen LogP contribution in [0.25, 0.3) is 0 Å². The Morgan fingerprint density at radius 3 is 2.72 bits per heavy atom. The average molecular weight is 269 g/mol. The summed E-state index contributed by atoms with van der Waals surface area (Å²) in [4.78, 5) is 3.93. The van der Waals surface area contributed by atoms with Crippen LogP contribution < -0.4 is 5.32 Å². The van der Waals surface area contributed by atoms with E-state index in [1.54, 1.807) is 25.4 Å². The highest BCUT2D eigenvalue weighted by molar-refractivity contribution is 6.33. The largest absolute Gasteiger partial charge is 0.376 e. The Morgan fingerprint density at radius 2 is 2.06 bits per heavy atom. The van der Waals surface area contributed by atoms with E-state index in [1.807, 2.05) is 0 Å². The van der Waals surface area contributed by atoms with Crippen LogP contribution in [0, 0.1) is 11.6 Å². The van der Waals surface area contributed by atoms with Crippen LogP contribution in [0.1, 0.15) is 18.5 Å². The van der Waals surface area contributed by atoms with Crippen molar-refractivity contribution in [2.45, 2.75) is 13.0 Å². The zero-order valence-electron chi connectivity index (χ0n) is 9.62. The minimum absolute atomic E-state index is 0.340. The van der Waals surface area contributed by atoms with Gasteiger partial charge in [-0.25, -0.2) is 8.78 Å². The van der Waals surface area contributed by atoms with Gasteiger partial charge in [0.25, 0.3) is 0 Å². The first-order chi connectivity index (χ1) is 8.58. The van der Waals surface area contributed by atoms with Crippen LogP contribution in [-0.2, 0) is 0 Å². The molecule has 0 saturated heterocycles. The van der Waals surface area contributed by atoms with Crippen molar-refractivity contribution in [3.8, 4) is 0 Å². The van der Waals surface area contributed by atoms with Gasteiger partial charge < -0.3 is 5.32 Å². The molecule has 0 aliphatic rings. The molecule has 2 nitrogen and oxygen atoms in total. The molecule has 0 bridgehead atoms. The Hall–Kier alpha value is -1.68. The highest BCUT2D eigenvalue weighted by Crippen LogP contribution is 2.26. The Kier molecular flexibility index (Phi) is 3.77. The fourth-order valence-electron chi connectivity index (χ4n) is 1.65. The molecular weight excluding hydrogens is 258 g/mol. The lowest BCUT2D eigenvalue weighted by atomic mass is 10.1. The van der Waals surface area contributed by atoms with Gasteiger partial charge in [0.1, 0.15) is 11.6 Å². The SMILES string of the molecule is CC(Nc1cnccc1Cl)c1ccc(F)cc1F. The Balaban J connectivity index is 2.22. The summed E-state index contributed by atoms with van der Waals surface area (Å²) in [5, 5.41) is 3.53. The number of hydrogen-bond donors (Lipinski definition) is 1. The highest BCUT2D eigenvalue weighted by Gasteiger charge is 2.12. The summed E-state index contributed by atoms with van der Waals surface area (Å²) in [7, 11) is 0. The second kappa shape index (κ2) is 5.31. The quantitative estimate of drug-likeness (QED) is 0.903. The maximum absolute atomic E-state index is 13.6. The predicted octanol–water partition coefficient (Wildman–Crippen LogP) is 4.19. The molecule has 18 heavy (non-hydrogen) atoms. The van der Waals surface area contributed by atoms with E-state index < -0.39 is 11.6 Å². The van der Waals surface area contributed by atoms with E-state index in [9.17, 15) is 8.78 Å². The summed E-state index contributed by atoms with van der Waals surface area (Å²) < 4.78 is 26.4. The summed E-state index contributed by atoms with van der Waals surface area (Å²) in [6.07, 6.45) is 3.12. The van der Waals surface area contributed by atoms with Crippen LogP contribution in [0.4, 0.5) is 14.5 Å². The number of anilines is 1. The zero-order chi connectivity index (χ0) is 13.1. The van der Waals surface area contributed by atoms with Gasteiger partial charge in [-0.15, -0.1) is 0 Å².